The first kappa shape index (κ1) is 18.4. The summed E-state index contributed by atoms with van der Waals surface area (Å²) < 4.78 is 5.10. The fraction of sp³-hybridized carbons (Fsp3) is 0.429. The first-order chi connectivity index (χ1) is 13.5. The van der Waals surface area contributed by atoms with E-state index in [1.54, 1.807) is 6.92 Å². The van der Waals surface area contributed by atoms with Crippen LogP contribution >= 0.6 is 0 Å². The van der Waals surface area contributed by atoms with Gasteiger partial charge in [0.25, 0.3) is 0 Å². The zero-order chi connectivity index (χ0) is 19.8. The number of hydrogen-bond donors (Lipinski definition) is 1. The van der Waals surface area contributed by atoms with Gasteiger partial charge in [-0.15, -0.1) is 0 Å². The molecule has 1 aliphatic heterocycles. The van der Waals surface area contributed by atoms with E-state index in [-0.39, 0.29) is 29.4 Å². The number of esters is 1. The molecule has 2 fully saturated rings. The van der Waals surface area contributed by atoms with Gasteiger partial charge in [0.1, 0.15) is 6.54 Å². The molecule has 146 valence electrons. The van der Waals surface area contributed by atoms with Crippen molar-refractivity contribution < 1.29 is 23.9 Å². The molecule has 1 aliphatic carbocycles. The van der Waals surface area contributed by atoms with Crippen molar-refractivity contribution in [2.24, 2.45) is 11.8 Å². The first-order valence-electron chi connectivity index (χ1n) is 9.58. The van der Waals surface area contributed by atoms with Gasteiger partial charge < -0.3 is 9.72 Å². The number of likely N-dealkylation sites (tertiary alicyclic amines) is 1. The molecule has 1 N–H and O–H groups in total. The van der Waals surface area contributed by atoms with Crippen LogP contribution < -0.4 is 0 Å². The molecule has 0 radical (unpaired) electrons. The Morgan fingerprint density at radius 3 is 2.43 bits per heavy atom. The quantitative estimate of drug-likeness (QED) is 0.487. The fourth-order valence-corrected chi connectivity index (χ4v) is 4.42. The molecule has 2 amide bonds. The third kappa shape index (κ3) is 3.10. The van der Waals surface area contributed by atoms with Gasteiger partial charge in [0, 0.05) is 22.2 Å². The Labute approximate surface area is 162 Å². The highest BCUT2D eigenvalue weighted by atomic mass is 16.5. The molecular formula is C21H22N2O5. The molecule has 2 heterocycles. The lowest BCUT2D eigenvalue weighted by Gasteiger charge is -2.19. The second kappa shape index (κ2) is 7.22. The highest BCUT2D eigenvalue weighted by molar-refractivity contribution is 6.10. The summed E-state index contributed by atoms with van der Waals surface area (Å²) in [6.45, 7) is 0.938. The predicted molar refractivity (Wildman–Crippen MR) is 100 cm³/mol. The molecule has 2 atom stereocenters. The molecule has 2 aliphatic rings. The number of amides is 2. The van der Waals surface area contributed by atoms with Gasteiger partial charge >= 0.3 is 5.97 Å². The first-order valence-corrected chi connectivity index (χ1v) is 9.58. The molecule has 0 bridgehead atoms. The number of imide groups is 1. The average molecular weight is 382 g/mol. The van der Waals surface area contributed by atoms with Crippen molar-refractivity contribution >= 4 is 34.5 Å². The van der Waals surface area contributed by atoms with Crippen molar-refractivity contribution in [3.05, 3.63) is 35.5 Å². The number of carbonyl (C=O) groups is 4. The number of benzene rings is 1. The number of nitrogens with one attached hydrogen (secondary N) is 1. The van der Waals surface area contributed by atoms with Crippen molar-refractivity contribution in [3.8, 4) is 0 Å². The van der Waals surface area contributed by atoms with Crippen molar-refractivity contribution in [2.75, 3.05) is 13.2 Å². The summed E-state index contributed by atoms with van der Waals surface area (Å²) >= 11 is 0. The largest absolute Gasteiger partial charge is 0.456 e. The lowest BCUT2D eigenvalue weighted by molar-refractivity contribution is -0.152. The van der Waals surface area contributed by atoms with Crippen LogP contribution in [-0.4, -0.2) is 46.6 Å². The maximum absolute atomic E-state index is 12.6. The predicted octanol–water partition coefficient (Wildman–Crippen LogP) is 2.38. The SMILES string of the molecule is Cc1[nH]c2ccccc2c1C(=O)COC(=O)CN1C(=O)[C@@H]2CCCC[C@H]2C1=O. The number of nitrogens with zero attached hydrogens (tertiary/aromatic N) is 1. The van der Waals surface area contributed by atoms with Gasteiger partial charge in [-0.25, -0.2) is 0 Å². The molecule has 1 saturated heterocycles. The third-order valence-electron chi connectivity index (χ3n) is 5.76. The Kier molecular flexibility index (Phi) is 4.75. The van der Waals surface area contributed by atoms with Crippen LogP contribution in [0.4, 0.5) is 0 Å². The van der Waals surface area contributed by atoms with Crippen LogP contribution in [0.15, 0.2) is 24.3 Å². The number of aromatic nitrogens is 1. The molecule has 1 saturated carbocycles. The number of fused-ring (bicyclic) bond motifs is 2. The molecule has 0 unspecified atom stereocenters. The van der Waals surface area contributed by atoms with E-state index in [2.05, 4.69) is 4.98 Å². The molecule has 28 heavy (non-hydrogen) atoms. The average Bonchev–Trinajstić information content (AvgIpc) is 3.15. The normalized spacial score (nSPS) is 21.8. The Hall–Kier alpha value is -2.96. The number of ketones is 1. The number of Topliss-reactive ketones (excluding diaryl/α,β-unsaturated/α-hetero) is 1. The summed E-state index contributed by atoms with van der Waals surface area (Å²) in [6.07, 6.45) is 3.24. The Morgan fingerprint density at radius 2 is 1.75 bits per heavy atom. The van der Waals surface area contributed by atoms with E-state index in [9.17, 15) is 19.2 Å². The van der Waals surface area contributed by atoms with Crippen LogP contribution in [0.2, 0.25) is 0 Å². The lowest BCUT2D eigenvalue weighted by Crippen LogP contribution is -2.37. The highest BCUT2D eigenvalue weighted by Crippen LogP contribution is 2.37. The van der Waals surface area contributed by atoms with E-state index in [1.165, 1.54) is 0 Å². The number of rotatable bonds is 5. The van der Waals surface area contributed by atoms with E-state index in [0.717, 1.165) is 28.6 Å². The van der Waals surface area contributed by atoms with Crippen molar-refractivity contribution in [3.63, 3.8) is 0 Å². The van der Waals surface area contributed by atoms with Gasteiger partial charge in [-0.1, -0.05) is 31.0 Å². The van der Waals surface area contributed by atoms with Gasteiger partial charge in [-0.2, -0.15) is 0 Å². The minimum Gasteiger partial charge on any atom is -0.456 e. The second-order valence-corrected chi connectivity index (χ2v) is 7.51. The van der Waals surface area contributed by atoms with Crippen LogP contribution in [0.3, 0.4) is 0 Å². The van der Waals surface area contributed by atoms with Gasteiger partial charge in [0.15, 0.2) is 6.61 Å². The molecule has 1 aromatic carbocycles. The summed E-state index contributed by atoms with van der Waals surface area (Å²) in [5.41, 5.74) is 2.03. The van der Waals surface area contributed by atoms with Gasteiger partial charge in [-0.05, 0) is 25.8 Å². The van der Waals surface area contributed by atoms with Gasteiger partial charge in [-0.3, -0.25) is 24.1 Å². The molecule has 2 aromatic rings. The summed E-state index contributed by atoms with van der Waals surface area (Å²) in [7, 11) is 0. The highest BCUT2D eigenvalue weighted by Gasteiger charge is 2.48. The van der Waals surface area contributed by atoms with Crippen molar-refractivity contribution in [1.29, 1.82) is 0 Å². The summed E-state index contributed by atoms with van der Waals surface area (Å²) in [4.78, 5) is 53.8. The van der Waals surface area contributed by atoms with Crippen LogP contribution in [0, 0.1) is 18.8 Å². The third-order valence-corrected chi connectivity index (χ3v) is 5.76. The van der Waals surface area contributed by atoms with E-state index in [1.807, 2.05) is 24.3 Å². The van der Waals surface area contributed by atoms with Crippen molar-refractivity contribution in [1.82, 2.24) is 9.88 Å². The summed E-state index contributed by atoms with van der Waals surface area (Å²) in [5, 5.41) is 0.773. The topological polar surface area (TPSA) is 96.5 Å². The number of H-pyrrole nitrogens is 1. The minimum atomic E-state index is -0.744. The number of aromatic amines is 1. The van der Waals surface area contributed by atoms with Crippen LogP contribution in [-0.2, 0) is 19.1 Å². The molecule has 7 nitrogen and oxygen atoms in total. The number of carbonyl (C=O) groups excluding carboxylic acids is 4. The zero-order valence-corrected chi connectivity index (χ0v) is 15.7. The summed E-state index contributed by atoms with van der Waals surface area (Å²) in [6, 6.07) is 7.41. The fourth-order valence-electron chi connectivity index (χ4n) is 4.42. The van der Waals surface area contributed by atoms with Crippen molar-refractivity contribution in [2.45, 2.75) is 32.6 Å². The zero-order valence-electron chi connectivity index (χ0n) is 15.7. The summed E-state index contributed by atoms with van der Waals surface area (Å²) in [5.74, 6) is -2.24. The van der Waals surface area contributed by atoms with Crippen LogP contribution in [0.5, 0.6) is 0 Å². The second-order valence-electron chi connectivity index (χ2n) is 7.51. The minimum absolute atomic E-state index is 0.287. The molecule has 1 aromatic heterocycles. The monoisotopic (exact) mass is 382 g/mol. The number of ether oxygens (including phenoxy) is 1. The van der Waals surface area contributed by atoms with Gasteiger partial charge in [0.2, 0.25) is 17.6 Å². The number of para-hydroxylation sites is 1. The standard InChI is InChI=1S/C21H22N2O5/c1-12-19(15-8-4-5-9-16(15)22-12)17(24)11-28-18(25)10-23-20(26)13-6-2-3-7-14(13)21(23)27/h4-5,8-9,13-14,22H,2-3,6-7,10-11H2,1H3/t13-,14-/m1/s1. The number of hydrogen-bond acceptors (Lipinski definition) is 5. The number of aryl methyl sites for hydroxylation is 1. The van der Waals surface area contributed by atoms with Crippen LogP contribution in [0.25, 0.3) is 10.9 Å². The Morgan fingerprint density at radius 1 is 1.11 bits per heavy atom. The molecular weight excluding hydrogens is 360 g/mol. The van der Waals surface area contributed by atoms with E-state index >= 15 is 0 Å². The van der Waals surface area contributed by atoms with Crippen LogP contribution in [0.1, 0.15) is 41.7 Å². The molecule has 7 heteroatoms. The Bertz CT molecular complexity index is 952. The molecule has 0 spiro atoms. The smallest absolute Gasteiger partial charge is 0.326 e. The maximum Gasteiger partial charge on any atom is 0.326 e. The van der Waals surface area contributed by atoms with E-state index < -0.39 is 19.1 Å². The van der Waals surface area contributed by atoms with E-state index in [0.29, 0.717) is 24.1 Å². The maximum atomic E-state index is 12.6. The molecule has 4 rings (SSSR count). The van der Waals surface area contributed by atoms with E-state index in [4.69, 9.17) is 4.74 Å². The lowest BCUT2D eigenvalue weighted by atomic mass is 9.81. The Balaban J connectivity index is 1.39. The van der Waals surface area contributed by atoms with Gasteiger partial charge in [0.05, 0.1) is 11.8 Å².